The predicted octanol–water partition coefficient (Wildman–Crippen LogP) is 2.92. The number of aromatic nitrogens is 2. The Morgan fingerprint density at radius 3 is 2.84 bits per heavy atom. The number of rotatable bonds is 4. The van der Waals surface area contributed by atoms with Gasteiger partial charge in [0.1, 0.15) is 17.5 Å². The van der Waals surface area contributed by atoms with Gasteiger partial charge < -0.3 is 10.3 Å². The summed E-state index contributed by atoms with van der Waals surface area (Å²) >= 11 is 0. The zero-order valence-corrected chi connectivity index (χ0v) is 10.6. The number of nitrogens with one attached hydrogen (secondary N) is 2. The van der Waals surface area contributed by atoms with Gasteiger partial charge in [-0.05, 0) is 37.5 Å². The zero-order chi connectivity index (χ0) is 13.4. The number of halogens is 2. The highest BCUT2D eigenvalue weighted by Gasteiger charge is 2.20. The van der Waals surface area contributed by atoms with E-state index in [4.69, 9.17) is 0 Å². The zero-order valence-electron chi connectivity index (χ0n) is 10.6. The SMILES string of the molecule is Cc1cc(F)c(-c2cnc(CNC3CC3)[nH]2)cc1F. The van der Waals surface area contributed by atoms with Crippen molar-refractivity contribution in [1.29, 1.82) is 0 Å². The minimum Gasteiger partial charge on any atom is -0.341 e. The molecule has 5 heteroatoms. The van der Waals surface area contributed by atoms with Crippen LogP contribution in [0.1, 0.15) is 24.2 Å². The summed E-state index contributed by atoms with van der Waals surface area (Å²) in [5.74, 6) is -0.116. The third-order valence-electron chi connectivity index (χ3n) is 3.30. The molecule has 2 aromatic rings. The van der Waals surface area contributed by atoms with Crippen molar-refractivity contribution in [2.45, 2.75) is 32.4 Å². The Morgan fingerprint density at radius 1 is 1.32 bits per heavy atom. The maximum absolute atomic E-state index is 13.8. The van der Waals surface area contributed by atoms with Gasteiger partial charge in [-0.15, -0.1) is 0 Å². The molecule has 0 bridgehead atoms. The second kappa shape index (κ2) is 4.74. The third kappa shape index (κ3) is 2.66. The Labute approximate surface area is 110 Å². The fourth-order valence-corrected chi connectivity index (χ4v) is 1.97. The summed E-state index contributed by atoms with van der Waals surface area (Å²) in [6.45, 7) is 2.17. The average Bonchev–Trinajstić information content (AvgIpc) is 3.09. The molecule has 1 heterocycles. The molecule has 0 unspecified atom stereocenters. The van der Waals surface area contributed by atoms with E-state index in [0.29, 0.717) is 23.8 Å². The highest BCUT2D eigenvalue weighted by atomic mass is 19.1. The fraction of sp³-hybridized carbons (Fsp3) is 0.357. The van der Waals surface area contributed by atoms with Crippen LogP contribution in [0, 0.1) is 18.6 Å². The standard InChI is InChI=1S/C14H15F2N3/c1-8-4-12(16)10(5-11(8)15)13-6-18-14(19-13)7-17-9-2-3-9/h4-6,9,17H,2-3,7H2,1H3,(H,18,19). The first-order valence-corrected chi connectivity index (χ1v) is 6.37. The van der Waals surface area contributed by atoms with Gasteiger partial charge in [-0.2, -0.15) is 0 Å². The molecule has 0 radical (unpaired) electrons. The quantitative estimate of drug-likeness (QED) is 0.890. The van der Waals surface area contributed by atoms with Gasteiger partial charge in [-0.3, -0.25) is 0 Å². The number of H-pyrrole nitrogens is 1. The van der Waals surface area contributed by atoms with Gasteiger partial charge in [0.05, 0.1) is 18.4 Å². The maximum Gasteiger partial charge on any atom is 0.133 e. The smallest absolute Gasteiger partial charge is 0.133 e. The lowest BCUT2D eigenvalue weighted by atomic mass is 10.1. The van der Waals surface area contributed by atoms with Crippen LogP contribution in [0.5, 0.6) is 0 Å². The maximum atomic E-state index is 13.8. The molecule has 19 heavy (non-hydrogen) atoms. The van der Waals surface area contributed by atoms with Crippen molar-refractivity contribution in [2.24, 2.45) is 0 Å². The van der Waals surface area contributed by atoms with Crippen LogP contribution in [0.25, 0.3) is 11.3 Å². The fourth-order valence-electron chi connectivity index (χ4n) is 1.97. The number of aromatic amines is 1. The van der Waals surface area contributed by atoms with E-state index < -0.39 is 11.6 Å². The van der Waals surface area contributed by atoms with Crippen LogP contribution in [-0.4, -0.2) is 16.0 Å². The summed E-state index contributed by atoms with van der Waals surface area (Å²) in [6, 6.07) is 2.99. The molecule has 3 rings (SSSR count). The Kier molecular flexibility index (Phi) is 3.06. The van der Waals surface area contributed by atoms with E-state index in [1.165, 1.54) is 31.2 Å². The van der Waals surface area contributed by atoms with Gasteiger partial charge >= 0.3 is 0 Å². The Hall–Kier alpha value is -1.75. The number of nitrogens with zero attached hydrogens (tertiary/aromatic N) is 1. The van der Waals surface area contributed by atoms with Crippen LogP contribution >= 0.6 is 0 Å². The number of hydrogen-bond acceptors (Lipinski definition) is 2. The minimum absolute atomic E-state index is 0.216. The highest BCUT2D eigenvalue weighted by Crippen LogP contribution is 2.24. The molecular formula is C14H15F2N3. The third-order valence-corrected chi connectivity index (χ3v) is 3.30. The molecule has 0 atom stereocenters. The first-order chi connectivity index (χ1) is 9.13. The van der Waals surface area contributed by atoms with Gasteiger partial charge in [0, 0.05) is 11.6 Å². The Bertz CT molecular complexity index is 603. The van der Waals surface area contributed by atoms with Crippen LogP contribution in [-0.2, 0) is 6.54 Å². The van der Waals surface area contributed by atoms with Crippen molar-refractivity contribution in [1.82, 2.24) is 15.3 Å². The molecule has 0 amide bonds. The van der Waals surface area contributed by atoms with E-state index in [2.05, 4.69) is 15.3 Å². The molecule has 1 aliphatic carbocycles. The molecule has 3 nitrogen and oxygen atoms in total. The number of hydrogen-bond donors (Lipinski definition) is 2. The number of aryl methyl sites for hydroxylation is 1. The summed E-state index contributed by atoms with van der Waals surface area (Å²) in [5, 5.41) is 3.31. The molecule has 0 aliphatic heterocycles. The summed E-state index contributed by atoms with van der Waals surface area (Å²) in [5.41, 5.74) is 1.02. The number of imidazole rings is 1. The Morgan fingerprint density at radius 2 is 2.11 bits per heavy atom. The van der Waals surface area contributed by atoms with Crippen molar-refractivity contribution in [3.8, 4) is 11.3 Å². The van der Waals surface area contributed by atoms with Crippen molar-refractivity contribution < 1.29 is 8.78 Å². The lowest BCUT2D eigenvalue weighted by Crippen LogP contribution is -2.16. The van der Waals surface area contributed by atoms with Crippen molar-refractivity contribution >= 4 is 0 Å². The molecule has 1 aliphatic rings. The van der Waals surface area contributed by atoms with Gasteiger partial charge in [0.25, 0.3) is 0 Å². The van der Waals surface area contributed by atoms with Crippen LogP contribution in [0.2, 0.25) is 0 Å². The van der Waals surface area contributed by atoms with E-state index in [9.17, 15) is 8.78 Å². The molecule has 0 spiro atoms. The van der Waals surface area contributed by atoms with E-state index in [1.807, 2.05) is 0 Å². The van der Waals surface area contributed by atoms with Crippen molar-refractivity contribution in [2.75, 3.05) is 0 Å². The summed E-state index contributed by atoms with van der Waals surface area (Å²) in [4.78, 5) is 7.20. The van der Waals surface area contributed by atoms with Gasteiger partial charge in [-0.25, -0.2) is 13.8 Å². The second-order valence-corrected chi connectivity index (χ2v) is 4.98. The van der Waals surface area contributed by atoms with Gasteiger partial charge in [0.15, 0.2) is 0 Å². The topological polar surface area (TPSA) is 40.7 Å². The summed E-state index contributed by atoms with van der Waals surface area (Å²) in [7, 11) is 0. The molecule has 1 aromatic heterocycles. The highest BCUT2D eigenvalue weighted by molar-refractivity contribution is 5.60. The molecule has 2 N–H and O–H groups in total. The lowest BCUT2D eigenvalue weighted by Gasteiger charge is -2.03. The van der Waals surface area contributed by atoms with E-state index >= 15 is 0 Å². The monoisotopic (exact) mass is 263 g/mol. The van der Waals surface area contributed by atoms with Crippen LogP contribution in [0.4, 0.5) is 8.78 Å². The number of benzene rings is 1. The van der Waals surface area contributed by atoms with Crippen molar-refractivity contribution in [3.63, 3.8) is 0 Å². The molecule has 1 fully saturated rings. The largest absolute Gasteiger partial charge is 0.341 e. The van der Waals surface area contributed by atoms with Gasteiger partial charge in [-0.1, -0.05) is 0 Å². The minimum atomic E-state index is -0.441. The predicted molar refractivity (Wildman–Crippen MR) is 68.5 cm³/mol. The van der Waals surface area contributed by atoms with E-state index in [0.717, 1.165) is 5.82 Å². The molecule has 1 saturated carbocycles. The second-order valence-electron chi connectivity index (χ2n) is 4.98. The Balaban J connectivity index is 1.83. The first kappa shape index (κ1) is 12.3. The molecule has 100 valence electrons. The molecule has 1 aromatic carbocycles. The van der Waals surface area contributed by atoms with Gasteiger partial charge in [0.2, 0.25) is 0 Å². The summed E-state index contributed by atoms with van der Waals surface area (Å²) < 4.78 is 27.3. The normalized spacial score (nSPS) is 14.9. The molecular weight excluding hydrogens is 248 g/mol. The van der Waals surface area contributed by atoms with Crippen LogP contribution < -0.4 is 5.32 Å². The van der Waals surface area contributed by atoms with Crippen LogP contribution in [0.15, 0.2) is 18.3 Å². The van der Waals surface area contributed by atoms with Crippen LogP contribution in [0.3, 0.4) is 0 Å². The van der Waals surface area contributed by atoms with E-state index in [1.54, 1.807) is 6.92 Å². The lowest BCUT2D eigenvalue weighted by molar-refractivity contribution is 0.594. The van der Waals surface area contributed by atoms with Crippen molar-refractivity contribution in [3.05, 3.63) is 41.4 Å². The average molecular weight is 263 g/mol. The first-order valence-electron chi connectivity index (χ1n) is 6.37. The summed E-state index contributed by atoms with van der Waals surface area (Å²) in [6.07, 6.45) is 3.94. The van der Waals surface area contributed by atoms with E-state index in [-0.39, 0.29) is 5.56 Å². The molecule has 0 saturated heterocycles.